The van der Waals surface area contributed by atoms with E-state index in [-0.39, 0.29) is 6.71 Å². The molecule has 2 aliphatic rings. The maximum atomic E-state index is 2.64. The largest absolute Gasteiger partial charge is 0.302 e. The second-order valence-electron chi connectivity index (χ2n) is 16.6. The molecule has 0 saturated carbocycles. The maximum Gasteiger partial charge on any atom is 0.255 e. The molecule has 5 heteroatoms. The molecule has 0 unspecified atom stereocenters. The average molecular weight is 811 g/mol. The summed E-state index contributed by atoms with van der Waals surface area (Å²) in [6.07, 6.45) is 1.00. The van der Waals surface area contributed by atoms with Gasteiger partial charge in [0.2, 0.25) is 0 Å². The Morgan fingerprint density at radius 3 is 1.38 bits per heavy atom. The number of thiophene rings is 2. The van der Waals surface area contributed by atoms with Gasteiger partial charge in [0.05, 0.1) is 21.4 Å². The summed E-state index contributed by atoms with van der Waals surface area (Å²) in [4.78, 5) is 5.26. The Morgan fingerprint density at radius 2 is 0.852 bits per heavy atom. The molecule has 4 heterocycles. The van der Waals surface area contributed by atoms with Crippen molar-refractivity contribution >= 4 is 153 Å². The molecular formula is C56H35BN2S2. The van der Waals surface area contributed by atoms with Crippen LogP contribution in [0.15, 0.2) is 181 Å². The van der Waals surface area contributed by atoms with E-state index in [0.717, 1.165) is 6.42 Å². The van der Waals surface area contributed by atoms with Gasteiger partial charge in [-0.15, -0.1) is 22.7 Å². The molecule has 0 fully saturated rings. The van der Waals surface area contributed by atoms with E-state index in [0.29, 0.717) is 0 Å². The van der Waals surface area contributed by atoms with Crippen LogP contribution in [0.25, 0.3) is 74.7 Å². The molecular weight excluding hydrogens is 776 g/mol. The van der Waals surface area contributed by atoms with Gasteiger partial charge in [0.1, 0.15) is 0 Å². The molecule has 61 heavy (non-hydrogen) atoms. The fourth-order valence-corrected chi connectivity index (χ4v) is 13.4. The molecule has 0 saturated heterocycles. The van der Waals surface area contributed by atoms with Gasteiger partial charge in [0.25, 0.3) is 6.71 Å². The first-order valence-electron chi connectivity index (χ1n) is 21.3. The fraction of sp³-hybridized carbons (Fsp3) is 0.0357. The van der Waals surface area contributed by atoms with Gasteiger partial charge in [0, 0.05) is 26.8 Å². The van der Waals surface area contributed by atoms with E-state index < -0.39 is 0 Å². The molecule has 2 aliphatic heterocycles. The summed E-state index contributed by atoms with van der Waals surface area (Å²) < 4.78 is 1.34. The molecule has 2 aromatic heterocycles. The van der Waals surface area contributed by atoms with Crippen molar-refractivity contribution < 1.29 is 0 Å². The van der Waals surface area contributed by atoms with E-state index in [9.17, 15) is 0 Å². The van der Waals surface area contributed by atoms with Crippen molar-refractivity contribution in [1.29, 1.82) is 0 Å². The zero-order valence-corrected chi connectivity index (χ0v) is 34.9. The predicted octanol–water partition coefficient (Wildman–Crippen LogP) is 14.5. The monoisotopic (exact) mass is 810 g/mol. The molecule has 0 N–H and O–H groups in total. The van der Waals surface area contributed by atoms with Gasteiger partial charge in [-0.25, -0.2) is 0 Å². The first kappa shape index (κ1) is 33.9. The molecule has 12 aromatic rings. The van der Waals surface area contributed by atoms with Crippen LogP contribution < -0.4 is 26.2 Å². The second-order valence-corrected chi connectivity index (χ2v) is 18.5. The molecule has 0 bridgehead atoms. The Labute approximate surface area is 361 Å². The van der Waals surface area contributed by atoms with E-state index in [1.165, 1.54) is 129 Å². The van der Waals surface area contributed by atoms with Gasteiger partial charge < -0.3 is 9.80 Å². The number of fused-ring (bicyclic) bond motifs is 18. The van der Waals surface area contributed by atoms with Gasteiger partial charge in [-0.1, -0.05) is 153 Å². The molecule has 0 atom stereocenters. The van der Waals surface area contributed by atoms with Crippen LogP contribution in [-0.2, 0) is 6.42 Å². The van der Waals surface area contributed by atoms with Crippen LogP contribution >= 0.6 is 22.7 Å². The number of anilines is 6. The normalized spacial score (nSPS) is 13.3. The van der Waals surface area contributed by atoms with E-state index in [1.54, 1.807) is 0 Å². The predicted molar refractivity (Wildman–Crippen MR) is 268 cm³/mol. The summed E-state index contributed by atoms with van der Waals surface area (Å²) in [5, 5.41) is 21.8. The fourth-order valence-electron chi connectivity index (χ4n) is 11.2. The van der Waals surface area contributed by atoms with E-state index in [1.807, 2.05) is 22.7 Å². The van der Waals surface area contributed by atoms with Crippen molar-refractivity contribution in [1.82, 2.24) is 0 Å². The standard InChI is InChI=1S/C56H35BN2S2/c1-2-33-28-29-50-44(32-33)53-56(61-50)59(47-25-12-23-43-39-17-6-4-15-35(39)37-19-8-10-21-41(37)52(43)47)49-27-13-26-48-54(49)57(53)45-30-31-60-55(45)58(48)46-24-11-22-42-38-16-5-3-14-34(38)36-18-7-9-20-40(36)51(42)46/h3-32H,2H2,1H3. The Kier molecular flexibility index (Phi) is 6.97. The third kappa shape index (κ3) is 4.47. The molecule has 0 aliphatic carbocycles. The topological polar surface area (TPSA) is 6.48 Å². The number of hydrogen-bond acceptors (Lipinski definition) is 4. The molecule has 0 radical (unpaired) electrons. The SMILES string of the molecule is CCc1ccc2sc3c(c2c1)B1c2ccsc2N(c2cccc4c5ccccc5c5ccccc5c24)c2cccc(c21)N3c1cccc2c3ccccc3c3ccccc3c12. The highest BCUT2D eigenvalue weighted by molar-refractivity contribution is 7.27. The molecule has 2 nitrogen and oxygen atoms in total. The molecule has 10 aromatic carbocycles. The molecule has 284 valence electrons. The van der Waals surface area contributed by atoms with E-state index >= 15 is 0 Å². The van der Waals surface area contributed by atoms with Gasteiger partial charge in [0.15, 0.2) is 0 Å². The van der Waals surface area contributed by atoms with Crippen LogP contribution in [0.4, 0.5) is 32.8 Å². The van der Waals surface area contributed by atoms with Gasteiger partial charge in [-0.3, -0.25) is 0 Å². The van der Waals surface area contributed by atoms with Gasteiger partial charge in [-0.2, -0.15) is 0 Å². The Morgan fingerprint density at radius 1 is 0.410 bits per heavy atom. The van der Waals surface area contributed by atoms with Gasteiger partial charge >= 0.3 is 0 Å². The Bertz CT molecular complexity index is 3770. The van der Waals surface area contributed by atoms with Crippen LogP contribution in [0.3, 0.4) is 0 Å². The number of benzene rings is 10. The third-order valence-electron chi connectivity index (χ3n) is 13.7. The zero-order chi connectivity index (χ0) is 39.9. The lowest BCUT2D eigenvalue weighted by atomic mass is 9.34. The minimum Gasteiger partial charge on any atom is -0.302 e. The average Bonchev–Trinajstić information content (AvgIpc) is 3.97. The maximum absolute atomic E-state index is 2.64. The van der Waals surface area contributed by atoms with E-state index in [2.05, 4.69) is 198 Å². The third-order valence-corrected chi connectivity index (χ3v) is 15.7. The minimum atomic E-state index is 0.0795. The number of rotatable bonds is 3. The highest BCUT2D eigenvalue weighted by Gasteiger charge is 2.46. The van der Waals surface area contributed by atoms with Crippen molar-refractivity contribution in [3.05, 3.63) is 187 Å². The minimum absolute atomic E-state index is 0.0795. The smallest absolute Gasteiger partial charge is 0.255 e. The number of hydrogen-bond donors (Lipinski definition) is 0. The quantitative estimate of drug-likeness (QED) is 0.130. The lowest BCUT2D eigenvalue weighted by molar-refractivity contribution is 1.15. The zero-order valence-electron chi connectivity index (χ0n) is 33.3. The first-order chi connectivity index (χ1) is 30.3. The van der Waals surface area contributed by atoms with Crippen LogP contribution in [0.5, 0.6) is 0 Å². The summed E-state index contributed by atoms with van der Waals surface area (Å²) in [6.45, 7) is 2.36. The van der Waals surface area contributed by atoms with Gasteiger partial charge in [-0.05, 0) is 123 Å². The van der Waals surface area contributed by atoms with Crippen molar-refractivity contribution in [2.24, 2.45) is 0 Å². The summed E-state index contributed by atoms with van der Waals surface area (Å²) in [7, 11) is 0. The summed E-state index contributed by atoms with van der Waals surface area (Å²) in [5.74, 6) is 0. The highest BCUT2D eigenvalue weighted by Crippen LogP contribution is 2.52. The van der Waals surface area contributed by atoms with Crippen molar-refractivity contribution in [3.63, 3.8) is 0 Å². The number of nitrogens with zero attached hydrogens (tertiary/aromatic N) is 2. The lowest BCUT2D eigenvalue weighted by Crippen LogP contribution is -2.60. The highest BCUT2D eigenvalue weighted by atomic mass is 32.1. The molecule has 0 amide bonds. The second kappa shape index (κ2) is 12.6. The van der Waals surface area contributed by atoms with Crippen molar-refractivity contribution in [2.45, 2.75) is 13.3 Å². The summed E-state index contributed by atoms with van der Waals surface area (Å²) >= 11 is 3.81. The van der Waals surface area contributed by atoms with Crippen LogP contribution in [0.1, 0.15) is 12.5 Å². The van der Waals surface area contributed by atoms with Crippen LogP contribution in [0.2, 0.25) is 0 Å². The Hall–Kier alpha value is -6.92. The van der Waals surface area contributed by atoms with Crippen molar-refractivity contribution in [3.8, 4) is 0 Å². The Balaban J connectivity index is 1.12. The lowest BCUT2D eigenvalue weighted by Gasteiger charge is -2.42. The van der Waals surface area contributed by atoms with Crippen molar-refractivity contribution in [2.75, 3.05) is 9.80 Å². The summed E-state index contributed by atoms with van der Waals surface area (Å²) in [6, 6.07) is 66.5. The molecule has 14 rings (SSSR count). The van der Waals surface area contributed by atoms with Crippen LogP contribution in [-0.4, -0.2) is 6.71 Å². The first-order valence-corrected chi connectivity index (χ1v) is 23.0. The molecule has 0 spiro atoms. The van der Waals surface area contributed by atoms with E-state index in [4.69, 9.17) is 0 Å². The number of aryl methyl sites for hydroxylation is 1. The summed E-state index contributed by atoms with van der Waals surface area (Å²) in [5.41, 5.74) is 10.5. The van der Waals surface area contributed by atoms with Crippen LogP contribution in [0, 0.1) is 0 Å².